The first-order valence-corrected chi connectivity index (χ1v) is 11.3. The van der Waals surface area contributed by atoms with Gasteiger partial charge >= 0.3 is 15.5 Å². The predicted octanol–water partition coefficient (Wildman–Crippen LogP) is 6.10. The fourth-order valence-corrected chi connectivity index (χ4v) is 4.09. The minimum absolute atomic E-state index is 0.0920. The number of anilines is 1. The van der Waals surface area contributed by atoms with Gasteiger partial charge < -0.3 is 4.84 Å². The highest BCUT2D eigenvalue weighted by Crippen LogP contribution is 2.34. The van der Waals surface area contributed by atoms with Crippen molar-refractivity contribution in [2.75, 3.05) is 4.72 Å². The molecule has 3 rings (SSSR count). The second-order valence-corrected chi connectivity index (χ2v) is 9.21. The molecule has 1 aliphatic carbocycles. The van der Waals surface area contributed by atoms with Crippen molar-refractivity contribution >= 4 is 33.0 Å². The van der Waals surface area contributed by atoms with Crippen LogP contribution in [0.4, 0.5) is 23.2 Å². The molecule has 1 fully saturated rings. The van der Waals surface area contributed by atoms with Crippen molar-refractivity contribution < 1.29 is 30.8 Å². The lowest BCUT2D eigenvalue weighted by molar-refractivity contribution is -0.0429. The largest absolute Gasteiger partial charge is 0.516 e. The van der Waals surface area contributed by atoms with Crippen LogP contribution in [0.15, 0.2) is 47.6 Å². The Balaban J connectivity index is 2.04. The fraction of sp³-hybridized carbons (Fsp3) is 0.350. The normalized spacial score (nSPS) is 16.2. The number of oxime groups is 1. The number of rotatable bonds is 6. The zero-order chi connectivity index (χ0) is 22.6. The van der Waals surface area contributed by atoms with Gasteiger partial charge in [0.25, 0.3) is 0 Å². The molecule has 0 radical (unpaired) electrons. The van der Waals surface area contributed by atoms with Gasteiger partial charge in [-0.25, -0.2) is 4.39 Å². The van der Waals surface area contributed by atoms with Gasteiger partial charge in [-0.3, -0.25) is 4.72 Å². The molecule has 0 heterocycles. The van der Waals surface area contributed by atoms with Gasteiger partial charge in [0.15, 0.2) is 5.75 Å². The average Bonchev–Trinajstić information content (AvgIpc) is 2.71. The molecule has 1 N–H and O–H groups in total. The number of hydrogen-bond donors (Lipinski definition) is 1. The van der Waals surface area contributed by atoms with E-state index in [1.807, 2.05) is 0 Å². The number of nitrogens with one attached hydrogen (secondary N) is 1. The van der Waals surface area contributed by atoms with Gasteiger partial charge in [0, 0.05) is 16.5 Å². The highest BCUT2D eigenvalue weighted by Gasteiger charge is 2.46. The predicted molar refractivity (Wildman–Crippen MR) is 110 cm³/mol. The smallest absolute Gasteiger partial charge is 0.357 e. The van der Waals surface area contributed by atoms with Gasteiger partial charge in [-0.2, -0.15) is 21.6 Å². The van der Waals surface area contributed by atoms with Crippen LogP contribution < -0.4 is 9.56 Å². The van der Waals surface area contributed by atoms with Crippen LogP contribution in [0.5, 0.6) is 5.75 Å². The molecule has 0 aliphatic heterocycles. The summed E-state index contributed by atoms with van der Waals surface area (Å²) < 4.78 is 76.9. The molecular formula is C20H19ClF4N2O3S. The Labute approximate surface area is 182 Å². The molecular weight excluding hydrogens is 460 g/mol. The lowest BCUT2D eigenvalue weighted by Crippen LogP contribution is -2.31. The van der Waals surface area contributed by atoms with Crippen LogP contribution in [0, 0.1) is 11.7 Å². The number of alkyl halides is 3. The standard InChI is InChI=1S/C20H19ClF4N2O3S/c21-14-6-11-18(27-31(28,29)20(23,24)25)17(12-14)19(13-4-2-1-3-5-13)26-30-16-9-7-15(22)8-10-16/h6-13,27H,1-5H2/b26-19-. The van der Waals surface area contributed by atoms with Crippen molar-refractivity contribution in [1.82, 2.24) is 0 Å². The molecule has 0 saturated heterocycles. The molecule has 0 aromatic heterocycles. The Kier molecular flexibility index (Phi) is 7.10. The fourth-order valence-electron chi connectivity index (χ4n) is 3.34. The SMILES string of the molecule is O=S(=O)(Nc1ccc(Cl)cc1/C(=N\Oc1ccc(F)cc1)C1CCCCC1)C(F)(F)F. The van der Waals surface area contributed by atoms with E-state index in [2.05, 4.69) is 5.16 Å². The molecule has 0 unspecified atom stereocenters. The zero-order valence-corrected chi connectivity index (χ0v) is 17.7. The highest BCUT2D eigenvalue weighted by molar-refractivity contribution is 7.93. The van der Waals surface area contributed by atoms with E-state index < -0.39 is 21.3 Å². The molecule has 0 spiro atoms. The maximum Gasteiger partial charge on any atom is 0.516 e. The minimum atomic E-state index is -5.65. The quantitative estimate of drug-likeness (QED) is 0.310. The molecule has 1 saturated carbocycles. The summed E-state index contributed by atoms with van der Waals surface area (Å²) in [7, 11) is -5.65. The summed E-state index contributed by atoms with van der Waals surface area (Å²) in [6.45, 7) is 0. The van der Waals surface area contributed by atoms with Gasteiger partial charge in [-0.1, -0.05) is 36.0 Å². The summed E-state index contributed by atoms with van der Waals surface area (Å²) in [6, 6.07) is 8.82. The number of benzene rings is 2. The van der Waals surface area contributed by atoms with Crippen LogP contribution in [-0.2, 0) is 10.0 Å². The third kappa shape index (κ3) is 5.88. The monoisotopic (exact) mass is 478 g/mol. The molecule has 11 heteroatoms. The first-order valence-electron chi connectivity index (χ1n) is 9.46. The summed E-state index contributed by atoms with van der Waals surface area (Å²) in [5.74, 6) is -0.432. The minimum Gasteiger partial charge on any atom is -0.357 e. The molecule has 0 amide bonds. The Morgan fingerprint density at radius 2 is 1.71 bits per heavy atom. The summed E-state index contributed by atoms with van der Waals surface area (Å²) in [5, 5.41) is 4.32. The summed E-state index contributed by atoms with van der Waals surface area (Å²) in [4.78, 5) is 5.40. The van der Waals surface area contributed by atoms with E-state index in [9.17, 15) is 26.0 Å². The van der Waals surface area contributed by atoms with E-state index >= 15 is 0 Å². The number of hydrogen-bond acceptors (Lipinski definition) is 4. The van der Waals surface area contributed by atoms with Crippen LogP contribution in [0.1, 0.15) is 37.7 Å². The first-order chi connectivity index (χ1) is 14.6. The molecule has 0 atom stereocenters. The molecule has 168 valence electrons. The van der Waals surface area contributed by atoms with Gasteiger partial charge in [0.2, 0.25) is 0 Å². The van der Waals surface area contributed by atoms with E-state index in [1.165, 1.54) is 36.4 Å². The van der Waals surface area contributed by atoms with Crippen LogP contribution in [0.3, 0.4) is 0 Å². The Hall–Kier alpha value is -2.33. The summed E-state index contributed by atoms with van der Waals surface area (Å²) >= 11 is 6.06. The second-order valence-electron chi connectivity index (χ2n) is 7.10. The topological polar surface area (TPSA) is 67.8 Å². The van der Waals surface area contributed by atoms with Crippen molar-refractivity contribution in [3.63, 3.8) is 0 Å². The van der Waals surface area contributed by atoms with Crippen molar-refractivity contribution in [3.05, 3.63) is 58.9 Å². The van der Waals surface area contributed by atoms with Gasteiger partial charge in [0.1, 0.15) is 5.82 Å². The highest BCUT2D eigenvalue weighted by atomic mass is 35.5. The lowest BCUT2D eigenvalue weighted by atomic mass is 9.83. The molecule has 5 nitrogen and oxygen atoms in total. The second kappa shape index (κ2) is 9.44. The van der Waals surface area contributed by atoms with Crippen LogP contribution in [-0.4, -0.2) is 19.6 Å². The van der Waals surface area contributed by atoms with Crippen molar-refractivity contribution in [3.8, 4) is 5.75 Å². The van der Waals surface area contributed by atoms with Crippen molar-refractivity contribution in [2.24, 2.45) is 11.1 Å². The van der Waals surface area contributed by atoms with Crippen LogP contribution >= 0.6 is 11.6 Å². The van der Waals surface area contributed by atoms with Crippen LogP contribution in [0.2, 0.25) is 5.02 Å². The summed E-state index contributed by atoms with van der Waals surface area (Å²) in [6.07, 6.45) is 4.16. The molecule has 2 aromatic carbocycles. The third-order valence-corrected chi connectivity index (χ3v) is 6.19. The van der Waals surface area contributed by atoms with E-state index in [0.717, 1.165) is 25.3 Å². The number of nitrogens with zero attached hydrogens (tertiary/aromatic N) is 1. The van der Waals surface area contributed by atoms with Gasteiger partial charge in [-0.05, 0) is 55.3 Å². The molecule has 31 heavy (non-hydrogen) atoms. The maximum absolute atomic E-state index is 13.1. The van der Waals surface area contributed by atoms with E-state index in [4.69, 9.17) is 16.4 Å². The molecule has 0 bridgehead atoms. The Morgan fingerprint density at radius 3 is 2.32 bits per heavy atom. The Bertz CT molecular complexity index is 1050. The maximum atomic E-state index is 13.1. The van der Waals surface area contributed by atoms with E-state index in [1.54, 1.807) is 4.72 Å². The summed E-state index contributed by atoms with van der Waals surface area (Å²) in [5.41, 5.74) is -5.44. The lowest BCUT2D eigenvalue weighted by Gasteiger charge is -2.25. The van der Waals surface area contributed by atoms with Gasteiger partial charge in [0.05, 0.1) is 11.4 Å². The molecule has 1 aliphatic rings. The zero-order valence-electron chi connectivity index (χ0n) is 16.1. The van der Waals surface area contributed by atoms with Crippen molar-refractivity contribution in [2.45, 2.75) is 37.6 Å². The van der Waals surface area contributed by atoms with E-state index in [0.29, 0.717) is 12.8 Å². The number of halogens is 5. The van der Waals surface area contributed by atoms with E-state index in [-0.39, 0.29) is 33.7 Å². The first kappa shape index (κ1) is 23.3. The number of sulfonamides is 1. The molecule has 2 aromatic rings. The third-order valence-electron chi connectivity index (χ3n) is 4.86. The van der Waals surface area contributed by atoms with Gasteiger partial charge in [-0.15, -0.1) is 0 Å². The average molecular weight is 479 g/mol. The van der Waals surface area contributed by atoms with Crippen LogP contribution in [0.25, 0.3) is 0 Å². The Morgan fingerprint density at radius 1 is 1.06 bits per heavy atom. The van der Waals surface area contributed by atoms with Crippen molar-refractivity contribution in [1.29, 1.82) is 0 Å².